The maximum absolute atomic E-state index is 11.3. The van der Waals surface area contributed by atoms with Gasteiger partial charge < -0.3 is 5.11 Å². The van der Waals surface area contributed by atoms with Crippen molar-refractivity contribution in [2.45, 2.75) is 32.7 Å². The first-order valence-electron chi connectivity index (χ1n) is 6.67. The summed E-state index contributed by atoms with van der Waals surface area (Å²) >= 11 is 13.1. The van der Waals surface area contributed by atoms with Crippen molar-refractivity contribution in [3.8, 4) is 10.6 Å². The Balaban J connectivity index is 2.33. The number of carbonyl (C=O) groups is 1. The molecule has 2 heterocycles. The van der Waals surface area contributed by atoms with Crippen molar-refractivity contribution in [2.75, 3.05) is 5.88 Å². The molecule has 0 atom stereocenters. The van der Waals surface area contributed by atoms with E-state index >= 15 is 0 Å². The Morgan fingerprint density at radius 1 is 1.38 bits per heavy atom. The van der Waals surface area contributed by atoms with Crippen LogP contribution in [0.2, 0.25) is 4.34 Å². The molecule has 0 aliphatic carbocycles. The van der Waals surface area contributed by atoms with E-state index in [1.165, 1.54) is 11.3 Å². The third-order valence-electron chi connectivity index (χ3n) is 3.20. The molecule has 0 aliphatic heterocycles. The molecule has 2 rings (SSSR count). The fraction of sp³-hybridized carbons (Fsp3) is 0.429. The normalized spacial score (nSPS) is 11.0. The highest BCUT2D eigenvalue weighted by molar-refractivity contribution is 7.19. The third-order valence-corrected chi connectivity index (χ3v) is 4.71. The molecule has 2 aromatic rings. The zero-order valence-corrected chi connectivity index (χ0v) is 13.9. The maximum Gasteiger partial charge on any atom is 0.356 e. The van der Waals surface area contributed by atoms with E-state index in [2.05, 4.69) is 5.10 Å². The lowest BCUT2D eigenvalue weighted by molar-refractivity contribution is 0.0688. The molecule has 2 aromatic heterocycles. The van der Waals surface area contributed by atoms with Crippen LogP contribution in [0, 0.1) is 6.92 Å². The lowest BCUT2D eigenvalue weighted by Crippen LogP contribution is -2.04. The lowest BCUT2D eigenvalue weighted by Gasteiger charge is -2.06. The fourth-order valence-electron chi connectivity index (χ4n) is 2.20. The average molecular weight is 347 g/mol. The Morgan fingerprint density at radius 3 is 2.71 bits per heavy atom. The van der Waals surface area contributed by atoms with Gasteiger partial charge in [0.2, 0.25) is 0 Å². The van der Waals surface area contributed by atoms with Crippen LogP contribution in [0.15, 0.2) is 12.1 Å². The number of aryl methyl sites for hydroxylation is 1. The molecule has 0 bridgehead atoms. The summed E-state index contributed by atoms with van der Waals surface area (Å²) in [7, 11) is 0. The maximum atomic E-state index is 11.3. The van der Waals surface area contributed by atoms with Crippen molar-refractivity contribution < 1.29 is 9.90 Å². The SMILES string of the molecule is Cc1c(C(=O)O)nn(CCCCCCl)c1-c1ccc(Cl)s1. The van der Waals surface area contributed by atoms with Gasteiger partial charge in [-0.25, -0.2) is 4.79 Å². The molecule has 1 N–H and O–H groups in total. The van der Waals surface area contributed by atoms with Crippen LogP contribution in [-0.4, -0.2) is 26.7 Å². The first-order valence-corrected chi connectivity index (χ1v) is 8.40. The number of carboxylic acids is 1. The van der Waals surface area contributed by atoms with E-state index in [9.17, 15) is 9.90 Å². The van der Waals surface area contributed by atoms with Crippen LogP contribution in [0.5, 0.6) is 0 Å². The van der Waals surface area contributed by atoms with Crippen LogP contribution < -0.4 is 0 Å². The number of alkyl halides is 1. The van der Waals surface area contributed by atoms with Gasteiger partial charge in [0.05, 0.1) is 14.9 Å². The minimum Gasteiger partial charge on any atom is -0.476 e. The number of rotatable bonds is 7. The topological polar surface area (TPSA) is 55.1 Å². The molecule has 0 unspecified atom stereocenters. The highest BCUT2D eigenvalue weighted by Crippen LogP contribution is 2.34. The van der Waals surface area contributed by atoms with Gasteiger partial charge in [-0.15, -0.1) is 22.9 Å². The van der Waals surface area contributed by atoms with Gasteiger partial charge in [0.15, 0.2) is 5.69 Å². The smallest absolute Gasteiger partial charge is 0.356 e. The average Bonchev–Trinajstić information content (AvgIpc) is 2.98. The van der Waals surface area contributed by atoms with Gasteiger partial charge in [0.25, 0.3) is 0 Å². The molecule has 0 radical (unpaired) electrons. The van der Waals surface area contributed by atoms with Gasteiger partial charge in [0, 0.05) is 18.0 Å². The van der Waals surface area contributed by atoms with Crippen molar-refractivity contribution >= 4 is 40.5 Å². The molecule has 0 amide bonds. The van der Waals surface area contributed by atoms with Crippen LogP contribution in [0.1, 0.15) is 35.3 Å². The van der Waals surface area contributed by atoms with Crippen molar-refractivity contribution in [1.82, 2.24) is 9.78 Å². The highest BCUT2D eigenvalue weighted by Gasteiger charge is 2.21. The van der Waals surface area contributed by atoms with E-state index in [-0.39, 0.29) is 5.69 Å². The number of unbranched alkanes of at least 4 members (excludes halogenated alkanes) is 2. The Morgan fingerprint density at radius 2 is 2.14 bits per heavy atom. The second-order valence-corrected chi connectivity index (χ2v) is 6.80. The fourth-order valence-corrected chi connectivity index (χ4v) is 3.54. The summed E-state index contributed by atoms with van der Waals surface area (Å²) < 4.78 is 2.45. The molecule has 21 heavy (non-hydrogen) atoms. The molecular formula is C14H16Cl2N2O2S. The number of hydrogen-bond donors (Lipinski definition) is 1. The molecule has 0 fully saturated rings. The first kappa shape index (κ1) is 16.3. The monoisotopic (exact) mass is 346 g/mol. The predicted molar refractivity (Wildman–Crippen MR) is 86.8 cm³/mol. The summed E-state index contributed by atoms with van der Waals surface area (Å²) in [5.74, 6) is -0.359. The second kappa shape index (κ2) is 7.29. The number of carboxylic acid groups (broad SMARTS) is 1. The van der Waals surface area contributed by atoms with Crippen molar-refractivity contribution in [2.24, 2.45) is 0 Å². The number of nitrogens with zero attached hydrogens (tertiary/aromatic N) is 2. The molecule has 0 aromatic carbocycles. The molecule has 0 aliphatic rings. The second-order valence-electron chi connectivity index (χ2n) is 4.70. The van der Waals surface area contributed by atoms with E-state index in [4.69, 9.17) is 23.2 Å². The van der Waals surface area contributed by atoms with Crippen LogP contribution >= 0.6 is 34.5 Å². The van der Waals surface area contributed by atoms with Gasteiger partial charge in [0.1, 0.15) is 0 Å². The largest absolute Gasteiger partial charge is 0.476 e. The van der Waals surface area contributed by atoms with Crippen LogP contribution in [0.25, 0.3) is 10.6 Å². The van der Waals surface area contributed by atoms with E-state index < -0.39 is 5.97 Å². The number of hydrogen-bond acceptors (Lipinski definition) is 3. The van der Waals surface area contributed by atoms with Gasteiger partial charge >= 0.3 is 5.97 Å². The lowest BCUT2D eigenvalue weighted by atomic mass is 10.1. The number of aromatic carboxylic acids is 1. The van der Waals surface area contributed by atoms with Crippen molar-refractivity contribution in [3.05, 3.63) is 27.7 Å². The zero-order chi connectivity index (χ0) is 15.4. The number of halogens is 2. The highest BCUT2D eigenvalue weighted by atomic mass is 35.5. The van der Waals surface area contributed by atoms with E-state index in [1.807, 2.05) is 12.1 Å². The third kappa shape index (κ3) is 3.78. The summed E-state index contributed by atoms with van der Waals surface area (Å²) in [6, 6.07) is 3.71. The van der Waals surface area contributed by atoms with Crippen LogP contribution in [-0.2, 0) is 6.54 Å². The summed E-state index contributed by atoms with van der Waals surface area (Å²) in [5.41, 5.74) is 1.63. The summed E-state index contributed by atoms with van der Waals surface area (Å²) in [4.78, 5) is 12.2. The molecule has 0 saturated heterocycles. The Labute approximate surface area is 137 Å². The van der Waals surface area contributed by atoms with Gasteiger partial charge in [-0.1, -0.05) is 18.0 Å². The number of thiophene rings is 1. The molecule has 0 spiro atoms. The first-order chi connectivity index (χ1) is 10.0. The van der Waals surface area contributed by atoms with Crippen LogP contribution in [0.4, 0.5) is 0 Å². The van der Waals surface area contributed by atoms with E-state index in [0.717, 1.165) is 29.8 Å². The minimum absolute atomic E-state index is 0.104. The van der Waals surface area contributed by atoms with Gasteiger partial charge in [-0.05, 0) is 31.9 Å². The van der Waals surface area contributed by atoms with Crippen molar-refractivity contribution in [1.29, 1.82) is 0 Å². The molecule has 0 saturated carbocycles. The van der Waals surface area contributed by atoms with Gasteiger partial charge in [-0.2, -0.15) is 5.10 Å². The Bertz CT molecular complexity index is 637. The Kier molecular flexibility index (Phi) is 5.67. The van der Waals surface area contributed by atoms with Gasteiger partial charge in [-0.3, -0.25) is 4.68 Å². The number of aromatic nitrogens is 2. The van der Waals surface area contributed by atoms with Crippen LogP contribution in [0.3, 0.4) is 0 Å². The standard InChI is InChI=1S/C14H16Cl2N2O2S/c1-9-12(14(19)20)17-18(8-4-2-3-7-15)13(9)10-5-6-11(16)21-10/h5-6H,2-4,7-8H2,1H3,(H,19,20). The summed E-state index contributed by atoms with van der Waals surface area (Å²) in [6.45, 7) is 2.46. The molecular weight excluding hydrogens is 331 g/mol. The summed E-state index contributed by atoms with van der Waals surface area (Å²) in [6.07, 6.45) is 2.86. The quantitative estimate of drug-likeness (QED) is 0.584. The van der Waals surface area contributed by atoms with E-state index in [0.29, 0.717) is 22.3 Å². The van der Waals surface area contributed by atoms with E-state index in [1.54, 1.807) is 11.6 Å². The Hall–Kier alpha value is -1.04. The summed E-state index contributed by atoms with van der Waals surface area (Å²) in [5, 5.41) is 13.5. The molecule has 4 nitrogen and oxygen atoms in total. The molecule has 7 heteroatoms. The zero-order valence-electron chi connectivity index (χ0n) is 11.6. The molecule has 114 valence electrons. The van der Waals surface area contributed by atoms with Crippen molar-refractivity contribution in [3.63, 3.8) is 0 Å². The predicted octanol–water partition coefficient (Wildman–Crippen LogP) is 4.68. The minimum atomic E-state index is -1.00.